The molecule has 0 spiro atoms. The van der Waals surface area contributed by atoms with Crippen LogP contribution in [0.5, 0.6) is 0 Å². The SMILES string of the molecule is CCNC(=NCC1CCN(CC)C1)NC(C)CCCC(C)C. The molecule has 0 aromatic rings. The maximum atomic E-state index is 4.82. The van der Waals surface area contributed by atoms with Crippen molar-refractivity contribution in [2.24, 2.45) is 16.8 Å². The number of nitrogens with zero attached hydrogens (tertiary/aromatic N) is 2. The lowest BCUT2D eigenvalue weighted by Gasteiger charge is -2.19. The van der Waals surface area contributed by atoms with Crippen molar-refractivity contribution in [1.82, 2.24) is 15.5 Å². The second-order valence-corrected chi connectivity index (χ2v) is 7.14. The third-order valence-electron chi connectivity index (χ3n) is 4.47. The molecule has 1 rings (SSSR count). The zero-order valence-electron chi connectivity index (χ0n) is 15.5. The van der Waals surface area contributed by atoms with E-state index in [1.54, 1.807) is 0 Å². The molecular formula is C18H38N4. The van der Waals surface area contributed by atoms with Gasteiger partial charge in [0.1, 0.15) is 0 Å². The Morgan fingerprint density at radius 3 is 2.59 bits per heavy atom. The van der Waals surface area contributed by atoms with E-state index in [9.17, 15) is 0 Å². The third kappa shape index (κ3) is 8.02. The second kappa shape index (κ2) is 10.9. The van der Waals surface area contributed by atoms with Gasteiger partial charge in [-0.25, -0.2) is 0 Å². The predicted molar refractivity (Wildman–Crippen MR) is 97.5 cm³/mol. The molecule has 2 atom stereocenters. The molecule has 0 amide bonds. The van der Waals surface area contributed by atoms with Gasteiger partial charge in [-0.2, -0.15) is 0 Å². The fraction of sp³-hybridized carbons (Fsp3) is 0.944. The minimum absolute atomic E-state index is 0.493. The van der Waals surface area contributed by atoms with Gasteiger partial charge in [-0.05, 0) is 51.6 Å². The van der Waals surface area contributed by atoms with Crippen molar-refractivity contribution in [1.29, 1.82) is 0 Å². The second-order valence-electron chi connectivity index (χ2n) is 7.14. The van der Waals surface area contributed by atoms with Crippen LogP contribution in [0.1, 0.15) is 60.3 Å². The molecular weight excluding hydrogens is 272 g/mol. The maximum absolute atomic E-state index is 4.82. The van der Waals surface area contributed by atoms with Crippen LogP contribution >= 0.6 is 0 Å². The van der Waals surface area contributed by atoms with Crippen LogP contribution in [0.2, 0.25) is 0 Å². The summed E-state index contributed by atoms with van der Waals surface area (Å²) in [4.78, 5) is 7.34. The Labute approximate surface area is 138 Å². The van der Waals surface area contributed by atoms with E-state index < -0.39 is 0 Å². The minimum atomic E-state index is 0.493. The number of aliphatic imine (C=N–C) groups is 1. The first-order valence-corrected chi connectivity index (χ1v) is 9.32. The summed E-state index contributed by atoms with van der Waals surface area (Å²) < 4.78 is 0. The molecule has 4 nitrogen and oxygen atoms in total. The van der Waals surface area contributed by atoms with E-state index in [1.807, 2.05) is 0 Å². The summed E-state index contributed by atoms with van der Waals surface area (Å²) in [5, 5.41) is 6.95. The van der Waals surface area contributed by atoms with Gasteiger partial charge in [0.25, 0.3) is 0 Å². The van der Waals surface area contributed by atoms with Crippen LogP contribution in [-0.2, 0) is 0 Å². The van der Waals surface area contributed by atoms with Crippen molar-refractivity contribution in [2.75, 3.05) is 32.7 Å². The molecule has 0 aliphatic carbocycles. The molecule has 0 radical (unpaired) electrons. The highest BCUT2D eigenvalue weighted by Gasteiger charge is 2.20. The summed E-state index contributed by atoms with van der Waals surface area (Å²) in [6.45, 7) is 16.7. The van der Waals surface area contributed by atoms with Crippen LogP contribution in [0, 0.1) is 11.8 Å². The zero-order valence-corrected chi connectivity index (χ0v) is 15.5. The van der Waals surface area contributed by atoms with E-state index in [1.165, 1.54) is 45.3 Å². The maximum Gasteiger partial charge on any atom is 0.191 e. The topological polar surface area (TPSA) is 39.7 Å². The number of hydrogen-bond acceptors (Lipinski definition) is 2. The number of rotatable bonds is 9. The standard InChI is InChI=1S/C18H38N4/c1-6-19-18(21-16(5)10-8-9-15(3)4)20-13-17-11-12-22(7-2)14-17/h15-17H,6-14H2,1-5H3,(H2,19,20,21). The predicted octanol–water partition coefficient (Wildman–Crippen LogP) is 3.10. The number of hydrogen-bond donors (Lipinski definition) is 2. The van der Waals surface area contributed by atoms with Gasteiger partial charge in [0, 0.05) is 25.7 Å². The summed E-state index contributed by atoms with van der Waals surface area (Å²) in [5.41, 5.74) is 0. The van der Waals surface area contributed by atoms with E-state index in [0.717, 1.165) is 30.9 Å². The number of likely N-dealkylation sites (tertiary alicyclic amines) is 1. The van der Waals surface area contributed by atoms with Crippen LogP contribution in [0.3, 0.4) is 0 Å². The molecule has 130 valence electrons. The molecule has 1 saturated heterocycles. The molecule has 0 aromatic heterocycles. The minimum Gasteiger partial charge on any atom is -0.357 e. The molecule has 1 heterocycles. The summed E-state index contributed by atoms with van der Waals surface area (Å²) >= 11 is 0. The fourth-order valence-corrected chi connectivity index (χ4v) is 3.03. The van der Waals surface area contributed by atoms with E-state index in [4.69, 9.17) is 4.99 Å². The van der Waals surface area contributed by atoms with Crippen molar-refractivity contribution in [3.8, 4) is 0 Å². The van der Waals surface area contributed by atoms with Crippen LogP contribution < -0.4 is 10.6 Å². The van der Waals surface area contributed by atoms with E-state index in [2.05, 4.69) is 50.2 Å². The Bertz CT molecular complexity index is 314. The fourth-order valence-electron chi connectivity index (χ4n) is 3.03. The van der Waals surface area contributed by atoms with E-state index >= 15 is 0 Å². The average molecular weight is 311 g/mol. The highest BCUT2D eigenvalue weighted by molar-refractivity contribution is 5.80. The Kier molecular flexibility index (Phi) is 9.53. The first-order chi connectivity index (χ1) is 10.5. The molecule has 4 heteroatoms. The Hall–Kier alpha value is -0.770. The lowest BCUT2D eigenvalue weighted by molar-refractivity contribution is 0.343. The van der Waals surface area contributed by atoms with Crippen molar-refractivity contribution >= 4 is 5.96 Å². The van der Waals surface area contributed by atoms with Gasteiger partial charge in [0.15, 0.2) is 5.96 Å². The van der Waals surface area contributed by atoms with Crippen LogP contribution in [0.25, 0.3) is 0 Å². The smallest absolute Gasteiger partial charge is 0.191 e. The molecule has 0 saturated carbocycles. The van der Waals surface area contributed by atoms with Gasteiger partial charge in [-0.15, -0.1) is 0 Å². The van der Waals surface area contributed by atoms with Crippen molar-refractivity contribution in [3.63, 3.8) is 0 Å². The van der Waals surface area contributed by atoms with Crippen molar-refractivity contribution in [2.45, 2.75) is 66.3 Å². The van der Waals surface area contributed by atoms with E-state index in [0.29, 0.717) is 6.04 Å². The highest BCUT2D eigenvalue weighted by Crippen LogP contribution is 2.15. The number of guanidine groups is 1. The van der Waals surface area contributed by atoms with Gasteiger partial charge in [0.05, 0.1) is 0 Å². The van der Waals surface area contributed by atoms with Crippen molar-refractivity contribution < 1.29 is 0 Å². The molecule has 2 unspecified atom stereocenters. The zero-order chi connectivity index (χ0) is 16.4. The molecule has 0 bridgehead atoms. The van der Waals surface area contributed by atoms with Gasteiger partial charge < -0.3 is 15.5 Å². The summed E-state index contributed by atoms with van der Waals surface area (Å²) in [6.07, 6.45) is 5.12. The molecule has 2 N–H and O–H groups in total. The Morgan fingerprint density at radius 2 is 2.00 bits per heavy atom. The first kappa shape index (κ1) is 19.3. The monoisotopic (exact) mass is 310 g/mol. The third-order valence-corrected chi connectivity index (χ3v) is 4.47. The van der Waals surface area contributed by atoms with E-state index in [-0.39, 0.29) is 0 Å². The highest BCUT2D eigenvalue weighted by atomic mass is 15.2. The molecule has 22 heavy (non-hydrogen) atoms. The van der Waals surface area contributed by atoms with Gasteiger partial charge in [0.2, 0.25) is 0 Å². The van der Waals surface area contributed by atoms with Crippen LogP contribution in [0.15, 0.2) is 4.99 Å². The van der Waals surface area contributed by atoms with Gasteiger partial charge >= 0.3 is 0 Å². The quantitative estimate of drug-likeness (QED) is 0.508. The number of nitrogens with one attached hydrogen (secondary N) is 2. The summed E-state index contributed by atoms with van der Waals surface area (Å²) in [6, 6.07) is 0.493. The summed E-state index contributed by atoms with van der Waals surface area (Å²) in [5.74, 6) is 2.53. The van der Waals surface area contributed by atoms with Gasteiger partial charge in [-0.1, -0.05) is 33.6 Å². The van der Waals surface area contributed by atoms with Crippen LogP contribution in [0.4, 0.5) is 0 Å². The average Bonchev–Trinajstić information content (AvgIpc) is 2.92. The van der Waals surface area contributed by atoms with Crippen molar-refractivity contribution in [3.05, 3.63) is 0 Å². The molecule has 1 fully saturated rings. The lowest BCUT2D eigenvalue weighted by Crippen LogP contribution is -2.42. The first-order valence-electron chi connectivity index (χ1n) is 9.32. The molecule has 1 aliphatic rings. The normalized spacial score (nSPS) is 21.4. The van der Waals surface area contributed by atoms with Crippen LogP contribution in [-0.4, -0.2) is 49.6 Å². The van der Waals surface area contributed by atoms with Gasteiger partial charge in [-0.3, -0.25) is 4.99 Å². The largest absolute Gasteiger partial charge is 0.357 e. The molecule has 1 aliphatic heterocycles. The Morgan fingerprint density at radius 1 is 1.23 bits per heavy atom. The molecule has 0 aromatic carbocycles. The lowest BCUT2D eigenvalue weighted by atomic mass is 10.0. The Balaban J connectivity index is 2.35. The summed E-state index contributed by atoms with van der Waals surface area (Å²) in [7, 11) is 0.